The van der Waals surface area contributed by atoms with E-state index < -0.39 is 17.3 Å². The van der Waals surface area contributed by atoms with Crippen LogP contribution in [0.4, 0.5) is 13.2 Å². The van der Waals surface area contributed by atoms with E-state index in [2.05, 4.69) is 17.1 Å². The maximum Gasteiger partial charge on any atom is 0.417 e. The molecule has 0 unspecified atom stereocenters. The Morgan fingerprint density at radius 1 is 0.820 bits per heavy atom. The summed E-state index contributed by atoms with van der Waals surface area (Å²) in [5.41, 5.74) is 1.72. The molecule has 50 heavy (non-hydrogen) atoms. The van der Waals surface area contributed by atoms with Crippen molar-refractivity contribution in [2.75, 3.05) is 19.7 Å². The lowest BCUT2D eigenvalue weighted by atomic mass is 9.82. The maximum absolute atomic E-state index is 13.7. The second kappa shape index (κ2) is 16.7. The highest BCUT2D eigenvalue weighted by Crippen LogP contribution is 2.40. The van der Waals surface area contributed by atoms with Crippen LogP contribution in [-0.4, -0.2) is 30.5 Å². The first kappa shape index (κ1) is 36.5. The monoisotopic (exact) mass is 700 g/mol. The van der Waals surface area contributed by atoms with Crippen molar-refractivity contribution < 1.29 is 27.4 Å². The predicted octanol–water partition coefficient (Wildman–Crippen LogP) is 10.1. The van der Waals surface area contributed by atoms with Gasteiger partial charge in [0, 0.05) is 25.7 Å². The summed E-state index contributed by atoms with van der Waals surface area (Å²) in [6, 6.07) is 39.2. The predicted molar refractivity (Wildman–Crippen MR) is 192 cm³/mol. The van der Waals surface area contributed by atoms with E-state index in [1.54, 1.807) is 6.07 Å². The van der Waals surface area contributed by atoms with E-state index in [4.69, 9.17) is 21.1 Å². The highest BCUT2D eigenvalue weighted by molar-refractivity contribution is 6.32. The third-order valence-corrected chi connectivity index (χ3v) is 9.02. The van der Waals surface area contributed by atoms with Crippen LogP contribution in [0.15, 0.2) is 127 Å². The van der Waals surface area contributed by atoms with Gasteiger partial charge in [-0.1, -0.05) is 103 Å². The fraction of sp³-hybridized carbons (Fsp3) is 0.244. The molecular weight excluding hydrogens is 661 g/mol. The maximum atomic E-state index is 13.7. The molecule has 2 aliphatic heterocycles. The fourth-order valence-electron chi connectivity index (χ4n) is 5.96. The average molecular weight is 701 g/mol. The third-order valence-electron chi connectivity index (χ3n) is 8.57. The third kappa shape index (κ3) is 9.25. The van der Waals surface area contributed by atoms with Gasteiger partial charge in [-0.2, -0.15) is 13.2 Å². The van der Waals surface area contributed by atoms with Gasteiger partial charge in [-0.3, -0.25) is 9.69 Å². The lowest BCUT2D eigenvalue weighted by Crippen LogP contribution is -2.45. The second-order valence-electron chi connectivity index (χ2n) is 12.1. The number of carbonyl (C=O) groups is 1. The lowest BCUT2D eigenvalue weighted by molar-refractivity contribution is -0.137. The molecule has 2 heterocycles. The van der Waals surface area contributed by atoms with Crippen molar-refractivity contribution in [2.45, 2.75) is 44.9 Å². The van der Waals surface area contributed by atoms with Gasteiger partial charge in [0.2, 0.25) is 5.91 Å². The molecule has 9 heteroatoms. The summed E-state index contributed by atoms with van der Waals surface area (Å²) >= 11 is 6.39. The van der Waals surface area contributed by atoms with Gasteiger partial charge in [0.25, 0.3) is 0 Å². The standard InChI is InChI=1S/C35H36ClF3N2O2.C6H4O/c1-3-40-32(42)24-26-13-10-19-30(23-26)43-22-12-21-41(25-27-14-11-20-31(33(27)36)35(37,38)39)34(2,28-15-6-4-7-16-28)29-17-8-5-9-18-29;1-2-5-4-6(3-1)7-5/h4-11,13-20,23H,3,12,21-22,24-25H2,1-2H3,(H,40,42);1-4H. The topological polar surface area (TPSA) is 50.8 Å². The number of ether oxygens (including phenoxy) is 2. The molecule has 0 radical (unpaired) electrons. The van der Waals surface area contributed by atoms with E-state index in [-0.39, 0.29) is 23.9 Å². The minimum atomic E-state index is -4.56. The molecule has 0 atom stereocenters. The van der Waals surface area contributed by atoms with Crippen molar-refractivity contribution >= 4 is 17.5 Å². The molecule has 1 N–H and O–H groups in total. The molecule has 7 rings (SSSR count). The molecule has 0 spiro atoms. The Hall–Kier alpha value is -4.79. The summed E-state index contributed by atoms with van der Waals surface area (Å²) in [4.78, 5) is 14.2. The molecule has 260 valence electrons. The number of amides is 1. The number of fused-ring (bicyclic) bond motifs is 2. The highest BCUT2D eigenvalue weighted by Gasteiger charge is 2.38. The van der Waals surface area contributed by atoms with Gasteiger partial charge in [0.05, 0.1) is 29.2 Å². The normalized spacial score (nSPS) is 11.9. The summed E-state index contributed by atoms with van der Waals surface area (Å²) in [7, 11) is 0. The quantitative estimate of drug-likeness (QED) is 0.122. The molecule has 2 aliphatic rings. The van der Waals surface area contributed by atoms with Crippen LogP contribution in [-0.2, 0) is 29.5 Å². The molecule has 5 aromatic rings. The van der Waals surface area contributed by atoms with E-state index in [0.717, 1.165) is 34.3 Å². The summed E-state index contributed by atoms with van der Waals surface area (Å²) in [5, 5.41) is 2.51. The molecule has 0 aliphatic carbocycles. The van der Waals surface area contributed by atoms with Crippen LogP contribution >= 0.6 is 11.6 Å². The summed E-state index contributed by atoms with van der Waals surface area (Å²) in [5.74, 6) is 2.57. The zero-order valence-corrected chi connectivity index (χ0v) is 28.8. The van der Waals surface area contributed by atoms with Gasteiger partial charge in [-0.15, -0.1) is 0 Å². The number of hydrogen-bond donors (Lipinski definition) is 1. The number of nitrogens with zero attached hydrogens (tertiary/aromatic N) is 1. The van der Waals surface area contributed by atoms with Crippen molar-refractivity contribution in [2.24, 2.45) is 0 Å². The Morgan fingerprint density at radius 3 is 1.96 bits per heavy atom. The number of benzene rings is 5. The Labute approximate surface area is 296 Å². The molecule has 2 bridgehead atoms. The molecule has 0 saturated carbocycles. The number of likely N-dealkylation sites (N-methyl/N-ethyl adjacent to an activating group) is 1. The van der Waals surface area contributed by atoms with Crippen LogP contribution in [0.25, 0.3) is 0 Å². The zero-order chi connectivity index (χ0) is 35.6. The second-order valence-corrected chi connectivity index (χ2v) is 12.4. The molecule has 0 fully saturated rings. The summed E-state index contributed by atoms with van der Waals surface area (Å²) in [6.07, 6.45) is -3.70. The summed E-state index contributed by atoms with van der Waals surface area (Å²) < 4.78 is 52.3. The van der Waals surface area contributed by atoms with Crippen LogP contribution in [0.1, 0.15) is 48.1 Å². The molecule has 0 aromatic heterocycles. The Bertz CT molecular complexity index is 1790. The van der Waals surface area contributed by atoms with E-state index in [9.17, 15) is 18.0 Å². The molecule has 1 amide bonds. The van der Waals surface area contributed by atoms with Crippen molar-refractivity contribution in [3.8, 4) is 17.2 Å². The van der Waals surface area contributed by atoms with Crippen molar-refractivity contribution in [1.82, 2.24) is 10.2 Å². The molecular formula is C41H40ClF3N2O3. The summed E-state index contributed by atoms with van der Waals surface area (Å²) in [6.45, 7) is 5.60. The van der Waals surface area contributed by atoms with Crippen molar-refractivity contribution in [3.63, 3.8) is 0 Å². The van der Waals surface area contributed by atoms with Crippen LogP contribution in [0.2, 0.25) is 5.02 Å². The number of halogens is 4. The SMILES string of the molecule is CCNC(=O)Cc1cccc(OCCCN(Cc2cccc(C(F)(F)F)c2Cl)C(C)(c2ccccc2)c2ccccc2)c1.c1cc2cc(c1)O2. The van der Waals surface area contributed by atoms with Gasteiger partial charge in [0.15, 0.2) is 0 Å². The van der Waals surface area contributed by atoms with Gasteiger partial charge in [-0.05, 0) is 72.9 Å². The van der Waals surface area contributed by atoms with Gasteiger partial charge < -0.3 is 14.8 Å². The Kier molecular flexibility index (Phi) is 12.2. The van der Waals surface area contributed by atoms with E-state index in [0.29, 0.717) is 37.4 Å². The first-order chi connectivity index (χ1) is 24.1. The average Bonchev–Trinajstić information content (AvgIpc) is 3.11. The van der Waals surface area contributed by atoms with Crippen LogP contribution in [0, 0.1) is 0 Å². The molecule has 0 saturated heterocycles. The van der Waals surface area contributed by atoms with Crippen molar-refractivity contribution in [3.05, 3.63) is 160 Å². The minimum absolute atomic E-state index is 0.0512. The molecule has 5 nitrogen and oxygen atoms in total. The van der Waals surface area contributed by atoms with Crippen LogP contribution < -0.4 is 14.8 Å². The fourth-order valence-corrected chi connectivity index (χ4v) is 6.25. The van der Waals surface area contributed by atoms with Crippen molar-refractivity contribution in [1.29, 1.82) is 0 Å². The first-order valence-electron chi connectivity index (χ1n) is 16.5. The Balaban J connectivity index is 0.000000608. The highest BCUT2D eigenvalue weighted by atomic mass is 35.5. The number of carbonyl (C=O) groups excluding carboxylic acids is 1. The number of hydrogen-bond acceptors (Lipinski definition) is 4. The number of rotatable bonds is 13. The largest absolute Gasteiger partial charge is 0.494 e. The van der Waals surface area contributed by atoms with Crippen LogP contribution in [0.3, 0.4) is 0 Å². The molecule has 5 aromatic carbocycles. The number of alkyl halides is 3. The van der Waals surface area contributed by atoms with E-state index in [1.807, 2.05) is 116 Å². The minimum Gasteiger partial charge on any atom is -0.494 e. The first-order valence-corrected chi connectivity index (χ1v) is 16.9. The number of nitrogens with one attached hydrogen (secondary N) is 1. The Morgan fingerprint density at radius 2 is 1.42 bits per heavy atom. The van der Waals surface area contributed by atoms with E-state index in [1.165, 1.54) is 6.07 Å². The van der Waals surface area contributed by atoms with Gasteiger partial charge >= 0.3 is 6.18 Å². The smallest absolute Gasteiger partial charge is 0.417 e. The van der Waals surface area contributed by atoms with E-state index >= 15 is 0 Å². The lowest BCUT2D eigenvalue weighted by Gasteiger charge is -2.43. The van der Waals surface area contributed by atoms with Gasteiger partial charge in [-0.25, -0.2) is 0 Å². The van der Waals surface area contributed by atoms with Crippen LogP contribution in [0.5, 0.6) is 17.2 Å². The van der Waals surface area contributed by atoms with Gasteiger partial charge in [0.1, 0.15) is 17.2 Å². The zero-order valence-electron chi connectivity index (χ0n) is 28.1.